The Morgan fingerprint density at radius 3 is 2.17 bits per heavy atom. The van der Waals surface area contributed by atoms with E-state index >= 15 is 0 Å². The molecule has 2 aliphatic rings. The number of hydrogen-bond donors (Lipinski definition) is 10. The summed E-state index contributed by atoms with van der Waals surface area (Å²) in [5, 5.41) is 38.8. The Morgan fingerprint density at radius 1 is 0.927 bits per heavy atom. The molecule has 0 aromatic rings. The van der Waals surface area contributed by atoms with Gasteiger partial charge in [-0.1, -0.05) is 12.8 Å². The number of urea groups is 1. The molecular weight excluding hydrogens is 554 g/mol. The molecule has 3 amide bonds. The Bertz CT molecular complexity index is 795. The molecule has 0 aliphatic carbocycles. The number of nitrogens with one attached hydrogen (secondary N) is 4. The number of aliphatic hydroxyl groups is 1. The molecule has 0 aromatic heterocycles. The third-order valence-electron chi connectivity index (χ3n) is 6.98. The van der Waals surface area contributed by atoms with Gasteiger partial charge in [0.1, 0.15) is 12.1 Å². The molecule has 13 N–H and O–H groups in total. The predicted molar refractivity (Wildman–Crippen MR) is 158 cm³/mol. The summed E-state index contributed by atoms with van der Waals surface area (Å²) in [4.78, 5) is 44.1. The summed E-state index contributed by atoms with van der Waals surface area (Å²) in [5.41, 5.74) is 16.0. The molecule has 0 spiro atoms. The number of carboxylic acid groups (broad SMARTS) is 2. The second-order valence-electron chi connectivity index (χ2n) is 10.5. The van der Waals surface area contributed by atoms with Crippen molar-refractivity contribution < 1.29 is 34.5 Å². The average molecular weight is 606 g/mol. The summed E-state index contributed by atoms with van der Waals surface area (Å²) < 4.78 is 0. The fourth-order valence-electron chi connectivity index (χ4n) is 4.50. The second-order valence-corrected chi connectivity index (χ2v) is 11.8. The van der Waals surface area contributed by atoms with Crippen LogP contribution in [0.3, 0.4) is 0 Å². The van der Waals surface area contributed by atoms with Crippen molar-refractivity contribution >= 4 is 35.6 Å². The highest BCUT2D eigenvalue weighted by Gasteiger charge is 2.42. The van der Waals surface area contributed by atoms with Crippen LogP contribution in [-0.4, -0.2) is 107 Å². The van der Waals surface area contributed by atoms with Gasteiger partial charge in [-0.15, -0.1) is 0 Å². The van der Waals surface area contributed by atoms with Gasteiger partial charge in [0.2, 0.25) is 5.91 Å². The third kappa shape index (κ3) is 16.8. The molecule has 2 heterocycles. The first kappa shape index (κ1) is 36.9. The van der Waals surface area contributed by atoms with E-state index in [0.29, 0.717) is 57.0 Å². The number of hydrogen-bond acceptors (Lipinski definition) is 10. The number of aliphatic carboxylic acids is 2. The van der Waals surface area contributed by atoms with Crippen LogP contribution in [0.15, 0.2) is 0 Å². The second kappa shape index (κ2) is 21.5. The molecule has 0 aromatic carbocycles. The third-order valence-corrected chi connectivity index (χ3v) is 8.49. The number of rotatable bonds is 21. The Morgan fingerprint density at radius 2 is 1.56 bits per heavy atom. The highest BCUT2D eigenvalue weighted by molar-refractivity contribution is 8.00. The van der Waals surface area contributed by atoms with Gasteiger partial charge in [0.05, 0.1) is 18.2 Å². The molecule has 41 heavy (non-hydrogen) atoms. The standard InChI is InChI=1S/C16H28N4O4S.C10H23N3O3/c17-10(15(22)23)5-3-4-8-18-13(21)7-2-1-6-12-14-11(9-25-12)19-16(24)20-14;11-5-4-8(14)7-13-6-2-1-3-9(12)10(15)16/h10-12,14H,1-9,17H2,(H,18,21)(H,22,23)(H2,19,20,24);8-9,13-14H,1-7,11-12H2,(H,15,16)/t10-,11-,12-,14-;8?,9-/m00/s1. The Balaban J connectivity index is 0.000000456. The molecular formula is C26H51N7O7S. The van der Waals surface area contributed by atoms with E-state index in [1.807, 2.05) is 11.8 Å². The van der Waals surface area contributed by atoms with E-state index in [1.165, 1.54) is 0 Å². The monoisotopic (exact) mass is 605 g/mol. The maximum atomic E-state index is 11.8. The topological polar surface area (TPSA) is 255 Å². The van der Waals surface area contributed by atoms with Crippen LogP contribution < -0.4 is 38.5 Å². The van der Waals surface area contributed by atoms with Crippen LogP contribution in [-0.2, 0) is 14.4 Å². The van der Waals surface area contributed by atoms with E-state index in [4.69, 9.17) is 27.4 Å². The lowest BCUT2D eigenvalue weighted by Crippen LogP contribution is -2.36. The number of fused-ring (bicyclic) bond motifs is 1. The van der Waals surface area contributed by atoms with E-state index in [1.54, 1.807) is 0 Å². The maximum absolute atomic E-state index is 11.8. The van der Waals surface area contributed by atoms with Gasteiger partial charge in [-0.2, -0.15) is 11.8 Å². The van der Waals surface area contributed by atoms with E-state index in [-0.39, 0.29) is 24.0 Å². The molecule has 2 rings (SSSR count). The lowest BCUT2D eigenvalue weighted by atomic mass is 10.0. The smallest absolute Gasteiger partial charge is 0.320 e. The first-order valence-corrected chi connectivity index (χ1v) is 15.6. The van der Waals surface area contributed by atoms with Gasteiger partial charge in [0.15, 0.2) is 0 Å². The zero-order chi connectivity index (χ0) is 30.6. The quantitative estimate of drug-likeness (QED) is 0.0574. The molecule has 14 nitrogen and oxygen atoms in total. The van der Waals surface area contributed by atoms with Crippen molar-refractivity contribution in [2.24, 2.45) is 17.2 Å². The molecule has 2 saturated heterocycles. The first-order chi connectivity index (χ1) is 19.5. The van der Waals surface area contributed by atoms with Crippen molar-refractivity contribution in [2.45, 2.75) is 106 Å². The Hall–Kier alpha value is -2.17. The largest absolute Gasteiger partial charge is 0.480 e. The van der Waals surface area contributed by atoms with Crippen LogP contribution in [0.4, 0.5) is 4.79 Å². The van der Waals surface area contributed by atoms with Crippen LogP contribution in [0.1, 0.15) is 70.6 Å². The normalized spacial score (nSPS) is 21.5. The number of thioether (sulfide) groups is 1. The SMILES string of the molecule is NCCC(O)CNCCCC[C@H](N)C(=O)O.N[C@@H](CCCCNC(=O)CCCC[C@@H]1SC[C@@H]2NC(=O)N[C@@H]21)C(=O)O. The van der Waals surface area contributed by atoms with Crippen molar-refractivity contribution in [1.29, 1.82) is 0 Å². The molecule has 0 bridgehead atoms. The minimum absolute atomic E-state index is 0.0373. The highest BCUT2D eigenvalue weighted by atomic mass is 32.2. The number of nitrogens with two attached hydrogens (primary N) is 3. The van der Waals surface area contributed by atoms with Gasteiger partial charge in [0.25, 0.3) is 0 Å². The van der Waals surface area contributed by atoms with Crippen LogP contribution in [0.25, 0.3) is 0 Å². The van der Waals surface area contributed by atoms with Crippen LogP contribution in [0.2, 0.25) is 0 Å². The van der Waals surface area contributed by atoms with Crippen molar-refractivity contribution in [3.05, 3.63) is 0 Å². The van der Waals surface area contributed by atoms with Crippen molar-refractivity contribution in [1.82, 2.24) is 21.3 Å². The Labute approximate surface area is 246 Å². The fourth-order valence-corrected chi connectivity index (χ4v) is 6.05. The van der Waals surface area contributed by atoms with Gasteiger partial charge < -0.3 is 53.8 Å². The van der Waals surface area contributed by atoms with Gasteiger partial charge in [-0.25, -0.2) is 4.79 Å². The van der Waals surface area contributed by atoms with Gasteiger partial charge in [-0.05, 0) is 64.5 Å². The van der Waals surface area contributed by atoms with Crippen molar-refractivity contribution in [2.75, 3.05) is 31.9 Å². The van der Waals surface area contributed by atoms with E-state index in [2.05, 4.69) is 21.3 Å². The number of carboxylic acids is 2. The highest BCUT2D eigenvalue weighted by Crippen LogP contribution is 2.33. The predicted octanol–water partition coefficient (Wildman–Crippen LogP) is -0.721. The first-order valence-electron chi connectivity index (χ1n) is 14.6. The number of carbonyl (C=O) groups excluding carboxylic acids is 2. The lowest BCUT2D eigenvalue weighted by molar-refractivity contribution is -0.139. The van der Waals surface area contributed by atoms with Crippen LogP contribution in [0.5, 0.6) is 0 Å². The van der Waals surface area contributed by atoms with E-state index in [9.17, 15) is 24.3 Å². The summed E-state index contributed by atoms with van der Waals surface area (Å²) >= 11 is 1.89. The van der Waals surface area contributed by atoms with Crippen LogP contribution in [0, 0.1) is 0 Å². The molecule has 2 fully saturated rings. The van der Waals surface area contributed by atoms with Crippen LogP contribution >= 0.6 is 11.8 Å². The number of aliphatic hydroxyl groups excluding tert-OH is 1. The number of carbonyl (C=O) groups is 4. The summed E-state index contributed by atoms with van der Waals surface area (Å²) in [6.45, 7) is 2.33. The molecule has 1 unspecified atom stereocenters. The summed E-state index contributed by atoms with van der Waals surface area (Å²) in [6, 6.07) is -1.17. The molecule has 238 valence electrons. The molecule has 6 atom stereocenters. The molecule has 15 heteroatoms. The van der Waals surface area contributed by atoms with E-state index in [0.717, 1.165) is 50.8 Å². The van der Waals surface area contributed by atoms with Crippen molar-refractivity contribution in [3.8, 4) is 0 Å². The Kier molecular flexibility index (Phi) is 19.3. The van der Waals surface area contributed by atoms with E-state index < -0.39 is 30.1 Å². The minimum atomic E-state index is -0.983. The molecule has 0 saturated carbocycles. The fraction of sp³-hybridized carbons (Fsp3) is 0.846. The number of unbranched alkanes of at least 4 members (excludes halogenated alkanes) is 3. The van der Waals surface area contributed by atoms with Gasteiger partial charge in [-0.3, -0.25) is 14.4 Å². The molecule has 0 radical (unpaired) electrons. The summed E-state index contributed by atoms with van der Waals surface area (Å²) in [5.74, 6) is -0.939. The zero-order valence-corrected chi connectivity index (χ0v) is 24.7. The number of amides is 3. The van der Waals surface area contributed by atoms with Crippen molar-refractivity contribution in [3.63, 3.8) is 0 Å². The van der Waals surface area contributed by atoms with Gasteiger partial charge >= 0.3 is 18.0 Å². The lowest BCUT2D eigenvalue weighted by Gasteiger charge is -2.16. The minimum Gasteiger partial charge on any atom is -0.480 e. The summed E-state index contributed by atoms with van der Waals surface area (Å²) in [6.07, 6.45) is 7.49. The maximum Gasteiger partial charge on any atom is 0.320 e. The average Bonchev–Trinajstić information content (AvgIpc) is 3.47. The van der Waals surface area contributed by atoms with Gasteiger partial charge in [0, 0.05) is 30.5 Å². The molecule has 2 aliphatic heterocycles. The summed E-state index contributed by atoms with van der Waals surface area (Å²) in [7, 11) is 0. The zero-order valence-electron chi connectivity index (χ0n) is 23.9.